The minimum absolute atomic E-state index is 0.255. The Hall–Kier alpha value is -2.40. The SMILES string of the molecule is Cc1ccc(C=CC(=O)Nc2sc3c(c2C(N)=O)CCC(C)C3)cc1. The van der Waals surface area contributed by atoms with Gasteiger partial charge in [-0.3, -0.25) is 9.59 Å². The van der Waals surface area contributed by atoms with Crippen molar-refractivity contribution in [1.82, 2.24) is 0 Å². The van der Waals surface area contributed by atoms with Gasteiger partial charge in [0.05, 0.1) is 5.56 Å². The van der Waals surface area contributed by atoms with Crippen LogP contribution in [0.1, 0.15) is 45.3 Å². The predicted octanol–water partition coefficient (Wildman–Crippen LogP) is 3.93. The van der Waals surface area contributed by atoms with Crippen LogP contribution in [0.3, 0.4) is 0 Å². The number of primary amides is 1. The van der Waals surface area contributed by atoms with Gasteiger partial charge in [0.1, 0.15) is 5.00 Å². The number of anilines is 1. The first-order valence-corrected chi connectivity index (χ1v) is 9.25. The largest absolute Gasteiger partial charge is 0.365 e. The lowest BCUT2D eigenvalue weighted by molar-refractivity contribution is -0.111. The maximum absolute atomic E-state index is 12.3. The number of carbonyl (C=O) groups is 2. The van der Waals surface area contributed by atoms with Crippen LogP contribution in [0.15, 0.2) is 30.3 Å². The fraction of sp³-hybridized carbons (Fsp3) is 0.300. The van der Waals surface area contributed by atoms with Gasteiger partial charge in [-0.25, -0.2) is 0 Å². The lowest BCUT2D eigenvalue weighted by Crippen LogP contribution is -2.18. The number of aryl methyl sites for hydroxylation is 1. The molecule has 1 heterocycles. The Morgan fingerprint density at radius 3 is 2.68 bits per heavy atom. The molecule has 3 rings (SSSR count). The Balaban J connectivity index is 1.79. The number of nitrogens with one attached hydrogen (secondary N) is 1. The first-order chi connectivity index (χ1) is 11.9. The second-order valence-electron chi connectivity index (χ2n) is 6.65. The van der Waals surface area contributed by atoms with Crippen LogP contribution in [0.5, 0.6) is 0 Å². The Bertz CT molecular complexity index is 834. The molecule has 0 radical (unpaired) electrons. The van der Waals surface area contributed by atoms with E-state index in [1.54, 1.807) is 6.08 Å². The van der Waals surface area contributed by atoms with Crippen LogP contribution >= 0.6 is 11.3 Å². The van der Waals surface area contributed by atoms with E-state index in [9.17, 15) is 9.59 Å². The number of fused-ring (bicyclic) bond motifs is 1. The van der Waals surface area contributed by atoms with E-state index in [4.69, 9.17) is 5.73 Å². The molecule has 0 bridgehead atoms. The van der Waals surface area contributed by atoms with E-state index < -0.39 is 5.91 Å². The molecular formula is C20H22N2O2S. The van der Waals surface area contributed by atoms with E-state index in [0.717, 1.165) is 30.4 Å². The Kier molecular flexibility index (Phi) is 5.04. The van der Waals surface area contributed by atoms with Crippen LogP contribution in [-0.2, 0) is 17.6 Å². The number of benzene rings is 1. The van der Waals surface area contributed by atoms with Crippen molar-refractivity contribution in [2.45, 2.75) is 33.1 Å². The number of nitrogens with two attached hydrogens (primary N) is 1. The maximum Gasteiger partial charge on any atom is 0.251 e. The summed E-state index contributed by atoms with van der Waals surface area (Å²) in [6.07, 6.45) is 6.07. The van der Waals surface area contributed by atoms with Crippen LogP contribution in [0.2, 0.25) is 0 Å². The number of rotatable bonds is 4. The van der Waals surface area contributed by atoms with E-state index in [-0.39, 0.29) is 5.91 Å². The van der Waals surface area contributed by atoms with Gasteiger partial charge in [0.2, 0.25) is 5.91 Å². The van der Waals surface area contributed by atoms with Gasteiger partial charge < -0.3 is 11.1 Å². The van der Waals surface area contributed by atoms with Crippen molar-refractivity contribution < 1.29 is 9.59 Å². The molecule has 3 N–H and O–H groups in total. The van der Waals surface area contributed by atoms with Gasteiger partial charge in [-0.2, -0.15) is 0 Å². The number of carbonyl (C=O) groups excluding carboxylic acids is 2. The predicted molar refractivity (Wildman–Crippen MR) is 103 cm³/mol. The number of amides is 2. The summed E-state index contributed by atoms with van der Waals surface area (Å²) in [5.74, 6) is -0.128. The fourth-order valence-corrected chi connectivity index (χ4v) is 4.52. The van der Waals surface area contributed by atoms with E-state index in [2.05, 4.69) is 12.2 Å². The lowest BCUT2D eigenvalue weighted by Gasteiger charge is -2.18. The molecule has 4 nitrogen and oxygen atoms in total. The minimum Gasteiger partial charge on any atom is -0.365 e. The van der Waals surface area contributed by atoms with Crippen molar-refractivity contribution in [3.05, 3.63) is 57.5 Å². The highest BCUT2D eigenvalue weighted by atomic mass is 32.1. The van der Waals surface area contributed by atoms with Crippen LogP contribution in [0.4, 0.5) is 5.00 Å². The quantitative estimate of drug-likeness (QED) is 0.817. The van der Waals surface area contributed by atoms with E-state index in [1.165, 1.54) is 27.9 Å². The second kappa shape index (κ2) is 7.23. The second-order valence-corrected chi connectivity index (χ2v) is 7.76. The summed E-state index contributed by atoms with van der Waals surface area (Å²) in [6.45, 7) is 4.22. The van der Waals surface area contributed by atoms with Crippen molar-refractivity contribution >= 4 is 34.2 Å². The molecule has 1 aromatic heterocycles. The average Bonchev–Trinajstić information content (AvgIpc) is 2.91. The summed E-state index contributed by atoms with van der Waals surface area (Å²) >= 11 is 1.48. The van der Waals surface area contributed by atoms with Gasteiger partial charge in [0.15, 0.2) is 0 Å². The molecule has 1 atom stereocenters. The molecule has 1 unspecified atom stereocenters. The topological polar surface area (TPSA) is 72.2 Å². The maximum atomic E-state index is 12.3. The van der Waals surface area contributed by atoms with Crippen molar-refractivity contribution in [2.75, 3.05) is 5.32 Å². The van der Waals surface area contributed by atoms with Crippen LogP contribution in [0, 0.1) is 12.8 Å². The van der Waals surface area contributed by atoms with Crippen molar-refractivity contribution in [3.8, 4) is 0 Å². The molecule has 0 saturated carbocycles. The Labute approximate surface area is 151 Å². The summed E-state index contributed by atoms with van der Waals surface area (Å²) < 4.78 is 0. The highest BCUT2D eigenvalue weighted by Crippen LogP contribution is 2.39. The van der Waals surface area contributed by atoms with E-state index >= 15 is 0 Å². The summed E-state index contributed by atoms with van der Waals surface area (Å²) in [4.78, 5) is 25.3. The third kappa shape index (κ3) is 3.99. The summed E-state index contributed by atoms with van der Waals surface area (Å²) in [7, 11) is 0. The monoisotopic (exact) mass is 354 g/mol. The molecule has 5 heteroatoms. The number of hydrogen-bond acceptors (Lipinski definition) is 3. The molecule has 0 spiro atoms. The summed E-state index contributed by atoms with van der Waals surface area (Å²) in [5.41, 5.74) is 9.21. The molecule has 2 amide bonds. The molecule has 1 aliphatic carbocycles. The van der Waals surface area contributed by atoms with Crippen LogP contribution in [-0.4, -0.2) is 11.8 Å². The smallest absolute Gasteiger partial charge is 0.251 e. The summed E-state index contributed by atoms with van der Waals surface area (Å²) in [6, 6.07) is 7.91. The standard InChI is InChI=1S/C20H22N2O2S/c1-12-3-6-14(7-4-12)8-10-17(23)22-20-18(19(21)24)15-9-5-13(2)11-16(15)25-20/h3-4,6-8,10,13H,5,9,11H2,1-2H3,(H2,21,24)(H,22,23). The molecule has 0 aliphatic heterocycles. The molecule has 0 fully saturated rings. The molecular weight excluding hydrogens is 332 g/mol. The van der Waals surface area contributed by atoms with E-state index in [1.807, 2.05) is 31.2 Å². The first-order valence-electron chi connectivity index (χ1n) is 8.44. The van der Waals surface area contributed by atoms with Crippen molar-refractivity contribution in [1.29, 1.82) is 0 Å². The molecule has 2 aromatic rings. The molecule has 0 saturated heterocycles. The first kappa shape index (κ1) is 17.4. The molecule has 1 aliphatic rings. The normalized spacial score (nSPS) is 16.6. The van der Waals surface area contributed by atoms with Crippen LogP contribution < -0.4 is 11.1 Å². The van der Waals surface area contributed by atoms with E-state index in [0.29, 0.717) is 16.5 Å². The van der Waals surface area contributed by atoms with Gasteiger partial charge >= 0.3 is 0 Å². The van der Waals surface area contributed by atoms with Gasteiger partial charge in [0.25, 0.3) is 5.91 Å². The number of thiophene rings is 1. The lowest BCUT2D eigenvalue weighted by atomic mass is 9.88. The molecule has 25 heavy (non-hydrogen) atoms. The van der Waals surface area contributed by atoms with Gasteiger partial charge in [0, 0.05) is 11.0 Å². The van der Waals surface area contributed by atoms with Gasteiger partial charge in [-0.15, -0.1) is 11.3 Å². The Morgan fingerprint density at radius 2 is 2.00 bits per heavy atom. The number of hydrogen-bond donors (Lipinski definition) is 2. The van der Waals surface area contributed by atoms with Crippen molar-refractivity contribution in [2.24, 2.45) is 11.7 Å². The zero-order valence-corrected chi connectivity index (χ0v) is 15.3. The zero-order valence-electron chi connectivity index (χ0n) is 14.5. The van der Waals surface area contributed by atoms with Gasteiger partial charge in [-0.05, 0) is 49.3 Å². The average molecular weight is 354 g/mol. The van der Waals surface area contributed by atoms with Gasteiger partial charge in [-0.1, -0.05) is 36.8 Å². The zero-order chi connectivity index (χ0) is 18.0. The third-order valence-electron chi connectivity index (χ3n) is 4.50. The Morgan fingerprint density at radius 1 is 1.28 bits per heavy atom. The van der Waals surface area contributed by atoms with Crippen LogP contribution in [0.25, 0.3) is 6.08 Å². The summed E-state index contributed by atoms with van der Waals surface area (Å²) in [5, 5.41) is 3.41. The highest BCUT2D eigenvalue weighted by Gasteiger charge is 2.26. The molecule has 130 valence electrons. The molecule has 1 aromatic carbocycles. The minimum atomic E-state index is -0.468. The van der Waals surface area contributed by atoms with Crippen molar-refractivity contribution in [3.63, 3.8) is 0 Å². The highest BCUT2D eigenvalue weighted by molar-refractivity contribution is 7.17. The third-order valence-corrected chi connectivity index (χ3v) is 5.67. The fourth-order valence-electron chi connectivity index (χ4n) is 3.10.